The topological polar surface area (TPSA) is 34.1 Å². The van der Waals surface area contributed by atoms with Crippen LogP contribution >= 0.6 is 11.6 Å². The largest absolute Gasteiger partial charge is 0.375 e. The third-order valence-electron chi connectivity index (χ3n) is 4.90. The van der Waals surface area contributed by atoms with Gasteiger partial charge in [-0.3, -0.25) is 0 Å². The fourth-order valence-corrected chi connectivity index (χ4v) is 3.20. The highest BCUT2D eigenvalue weighted by atomic mass is 35.5. The van der Waals surface area contributed by atoms with E-state index < -0.39 is 17.2 Å². The van der Waals surface area contributed by atoms with Gasteiger partial charge in [0, 0.05) is 24.2 Å². The first-order valence-corrected chi connectivity index (χ1v) is 9.43. The van der Waals surface area contributed by atoms with Gasteiger partial charge in [-0.2, -0.15) is 0 Å². The summed E-state index contributed by atoms with van der Waals surface area (Å²) in [6.45, 7) is 5.13. The van der Waals surface area contributed by atoms with Crippen molar-refractivity contribution in [2.45, 2.75) is 26.1 Å². The average Bonchev–Trinajstić information content (AvgIpc) is 2.63. The average molecular weight is 409 g/mol. The Morgan fingerprint density at radius 2 is 2.04 bits per heavy atom. The molecule has 1 saturated heterocycles. The summed E-state index contributed by atoms with van der Waals surface area (Å²) in [7, 11) is 1.87. The van der Waals surface area contributed by atoms with E-state index in [0.29, 0.717) is 10.6 Å². The number of aliphatic imine (C=N–C) groups is 1. The molecule has 0 radical (unpaired) electrons. The molecule has 2 aromatic rings. The summed E-state index contributed by atoms with van der Waals surface area (Å²) in [6, 6.07) is 7.60. The SMILES string of the molecule is CCN(C)C=Nc1cc(C)c(C2(OCc3c(F)cccc3Cl)COC2)cc1F. The second-order valence-corrected chi connectivity index (χ2v) is 7.32. The Balaban J connectivity index is 1.86. The molecule has 0 spiro atoms. The second-order valence-electron chi connectivity index (χ2n) is 6.91. The Kier molecular flexibility index (Phi) is 6.33. The van der Waals surface area contributed by atoms with Gasteiger partial charge in [0.2, 0.25) is 0 Å². The normalized spacial score (nSPS) is 15.6. The van der Waals surface area contributed by atoms with Crippen LogP contribution in [0, 0.1) is 18.6 Å². The lowest BCUT2D eigenvalue weighted by molar-refractivity contribution is -0.223. The van der Waals surface area contributed by atoms with Crippen LogP contribution in [0.1, 0.15) is 23.6 Å². The molecule has 1 fully saturated rings. The third kappa shape index (κ3) is 4.19. The van der Waals surface area contributed by atoms with E-state index in [4.69, 9.17) is 21.1 Å². The van der Waals surface area contributed by atoms with Crippen LogP contribution in [-0.4, -0.2) is 38.0 Å². The van der Waals surface area contributed by atoms with Crippen LogP contribution in [0.25, 0.3) is 0 Å². The van der Waals surface area contributed by atoms with Crippen LogP contribution in [-0.2, 0) is 21.7 Å². The highest BCUT2D eigenvalue weighted by Gasteiger charge is 2.43. The standard InChI is InChI=1S/C21H23ClF2N2O2/c1-4-26(3)13-25-20-8-14(2)16(9-19(20)24)21(11-27-12-21)28-10-15-17(22)6-5-7-18(15)23/h5-9,13H,4,10-12H2,1-3H3. The predicted molar refractivity (Wildman–Crippen MR) is 106 cm³/mol. The van der Waals surface area contributed by atoms with Crippen LogP contribution in [0.3, 0.4) is 0 Å². The van der Waals surface area contributed by atoms with Gasteiger partial charge in [0.25, 0.3) is 0 Å². The summed E-state index contributed by atoms with van der Waals surface area (Å²) < 4.78 is 40.1. The Labute approximate surface area is 168 Å². The van der Waals surface area contributed by atoms with E-state index >= 15 is 0 Å². The monoisotopic (exact) mass is 408 g/mol. The first-order valence-electron chi connectivity index (χ1n) is 9.06. The van der Waals surface area contributed by atoms with Crippen LogP contribution in [0.4, 0.5) is 14.5 Å². The molecule has 7 heteroatoms. The molecule has 0 unspecified atom stereocenters. The van der Waals surface area contributed by atoms with Crippen LogP contribution in [0.5, 0.6) is 0 Å². The quantitative estimate of drug-likeness (QED) is 0.478. The van der Waals surface area contributed by atoms with E-state index in [1.807, 2.05) is 25.8 Å². The highest BCUT2D eigenvalue weighted by molar-refractivity contribution is 6.31. The smallest absolute Gasteiger partial charge is 0.149 e. The number of rotatable bonds is 7. The summed E-state index contributed by atoms with van der Waals surface area (Å²) in [5.74, 6) is -0.879. The number of benzene rings is 2. The van der Waals surface area contributed by atoms with Gasteiger partial charge >= 0.3 is 0 Å². The number of nitrogens with zero attached hydrogens (tertiary/aromatic N) is 2. The van der Waals surface area contributed by atoms with E-state index in [-0.39, 0.29) is 31.1 Å². The molecule has 1 heterocycles. The lowest BCUT2D eigenvalue weighted by Crippen LogP contribution is -2.49. The molecule has 0 aliphatic carbocycles. The lowest BCUT2D eigenvalue weighted by Gasteiger charge is -2.42. The minimum Gasteiger partial charge on any atom is -0.375 e. The van der Waals surface area contributed by atoms with Crippen LogP contribution in [0.15, 0.2) is 35.3 Å². The molecule has 4 nitrogen and oxygen atoms in total. The lowest BCUT2D eigenvalue weighted by atomic mass is 9.87. The summed E-state index contributed by atoms with van der Waals surface area (Å²) in [5.41, 5.74) is 1.20. The third-order valence-corrected chi connectivity index (χ3v) is 5.26. The molecule has 1 aliphatic heterocycles. The minimum absolute atomic E-state index is 0.0306. The van der Waals surface area contributed by atoms with Crippen LogP contribution < -0.4 is 0 Å². The molecule has 0 bridgehead atoms. The van der Waals surface area contributed by atoms with Crippen molar-refractivity contribution < 1.29 is 18.3 Å². The van der Waals surface area contributed by atoms with Gasteiger partial charge < -0.3 is 14.4 Å². The van der Waals surface area contributed by atoms with Gasteiger partial charge in [-0.25, -0.2) is 13.8 Å². The molecule has 3 rings (SSSR count). The zero-order valence-corrected chi connectivity index (χ0v) is 16.9. The second kappa shape index (κ2) is 8.55. The van der Waals surface area contributed by atoms with Gasteiger partial charge in [-0.1, -0.05) is 17.7 Å². The van der Waals surface area contributed by atoms with Crippen LogP contribution in [0.2, 0.25) is 5.02 Å². The molecular weight excluding hydrogens is 386 g/mol. The molecule has 2 aromatic carbocycles. The Bertz CT molecular complexity index is 865. The van der Waals surface area contributed by atoms with Crippen molar-refractivity contribution in [1.82, 2.24) is 4.90 Å². The molecule has 0 atom stereocenters. The Hall–Kier alpha value is -2.02. The van der Waals surface area contributed by atoms with Crippen molar-refractivity contribution in [2.75, 3.05) is 26.8 Å². The maximum absolute atomic E-state index is 14.7. The first kappa shape index (κ1) is 20.7. The van der Waals surface area contributed by atoms with E-state index in [1.54, 1.807) is 18.5 Å². The number of halogens is 3. The Morgan fingerprint density at radius 3 is 2.64 bits per heavy atom. The summed E-state index contributed by atoms with van der Waals surface area (Å²) >= 11 is 6.08. The molecule has 0 aromatic heterocycles. The molecule has 28 heavy (non-hydrogen) atoms. The van der Waals surface area contributed by atoms with Gasteiger partial charge in [0.15, 0.2) is 0 Å². The zero-order valence-electron chi connectivity index (χ0n) is 16.1. The number of ether oxygens (including phenoxy) is 2. The van der Waals surface area contributed by atoms with Crippen molar-refractivity contribution in [3.63, 3.8) is 0 Å². The van der Waals surface area contributed by atoms with Crippen molar-refractivity contribution in [2.24, 2.45) is 4.99 Å². The van der Waals surface area contributed by atoms with Gasteiger partial charge in [-0.15, -0.1) is 0 Å². The van der Waals surface area contributed by atoms with Gasteiger partial charge in [0.1, 0.15) is 22.9 Å². The minimum atomic E-state index is -0.834. The van der Waals surface area contributed by atoms with E-state index in [1.165, 1.54) is 18.2 Å². The summed E-state index contributed by atoms with van der Waals surface area (Å²) in [5, 5.41) is 0.294. The van der Waals surface area contributed by atoms with E-state index in [0.717, 1.165) is 12.1 Å². The predicted octanol–water partition coefficient (Wildman–Crippen LogP) is 4.98. The molecule has 0 saturated carbocycles. The maximum atomic E-state index is 14.7. The molecular formula is C21H23ClF2N2O2. The number of hydrogen-bond acceptors (Lipinski definition) is 3. The Morgan fingerprint density at radius 1 is 1.29 bits per heavy atom. The summed E-state index contributed by atoms with van der Waals surface area (Å²) in [6.07, 6.45) is 1.59. The van der Waals surface area contributed by atoms with Crippen molar-refractivity contribution in [1.29, 1.82) is 0 Å². The van der Waals surface area contributed by atoms with E-state index in [2.05, 4.69) is 4.99 Å². The fourth-order valence-electron chi connectivity index (χ4n) is 2.98. The number of hydrogen-bond donors (Lipinski definition) is 0. The molecule has 0 N–H and O–H groups in total. The van der Waals surface area contributed by atoms with Crippen molar-refractivity contribution >= 4 is 23.6 Å². The van der Waals surface area contributed by atoms with Gasteiger partial charge in [-0.05, 0) is 49.2 Å². The van der Waals surface area contributed by atoms with E-state index in [9.17, 15) is 8.78 Å². The summed E-state index contributed by atoms with van der Waals surface area (Å²) in [4.78, 5) is 6.06. The van der Waals surface area contributed by atoms with Gasteiger partial charge in [0.05, 0.1) is 26.2 Å². The first-order chi connectivity index (χ1) is 13.4. The van der Waals surface area contributed by atoms with Crippen molar-refractivity contribution in [3.8, 4) is 0 Å². The molecule has 150 valence electrons. The van der Waals surface area contributed by atoms with Crippen molar-refractivity contribution in [3.05, 3.63) is 63.7 Å². The fraction of sp³-hybridized carbons (Fsp3) is 0.381. The molecule has 1 aliphatic rings. The molecule has 0 amide bonds. The number of aryl methyl sites for hydroxylation is 1. The zero-order chi connectivity index (χ0) is 20.3. The highest BCUT2D eigenvalue weighted by Crippen LogP contribution is 2.39. The maximum Gasteiger partial charge on any atom is 0.149 e.